The number of rotatable bonds is 2. The fourth-order valence-corrected chi connectivity index (χ4v) is 2.99. The zero-order valence-electron chi connectivity index (χ0n) is 8.09. The molecular formula is C9H15NO3S. The molecule has 0 spiro atoms. The summed E-state index contributed by atoms with van der Waals surface area (Å²) in [5, 5.41) is 19.8. The third kappa shape index (κ3) is 1.82. The first-order valence-corrected chi connectivity index (χ1v) is 5.80. The highest BCUT2D eigenvalue weighted by Crippen LogP contribution is 2.36. The van der Waals surface area contributed by atoms with Gasteiger partial charge >= 0.3 is 0 Å². The van der Waals surface area contributed by atoms with E-state index in [9.17, 15) is 5.11 Å². The van der Waals surface area contributed by atoms with E-state index in [1.807, 2.05) is 6.92 Å². The summed E-state index contributed by atoms with van der Waals surface area (Å²) in [6.45, 7) is 2.02. The van der Waals surface area contributed by atoms with Gasteiger partial charge in [-0.1, -0.05) is 18.7 Å². The van der Waals surface area contributed by atoms with Crippen molar-refractivity contribution >= 4 is 16.8 Å². The number of thioether (sulfide) groups is 1. The number of aliphatic imine (C=N–C) groups is 1. The Morgan fingerprint density at radius 1 is 1.64 bits per heavy atom. The summed E-state index contributed by atoms with van der Waals surface area (Å²) in [4.78, 5) is 4.40. The summed E-state index contributed by atoms with van der Waals surface area (Å²) in [7, 11) is 0. The summed E-state index contributed by atoms with van der Waals surface area (Å²) in [6.07, 6.45) is 0.670. The quantitative estimate of drug-likeness (QED) is 0.702. The van der Waals surface area contributed by atoms with Gasteiger partial charge in [0.1, 0.15) is 11.5 Å². The number of ether oxygens (including phenoxy) is 1. The van der Waals surface area contributed by atoms with Gasteiger partial charge in [-0.2, -0.15) is 0 Å². The van der Waals surface area contributed by atoms with E-state index in [0.29, 0.717) is 6.42 Å². The molecule has 0 amide bonds. The monoisotopic (exact) mass is 217 g/mol. The Morgan fingerprint density at radius 3 is 3.07 bits per heavy atom. The van der Waals surface area contributed by atoms with Gasteiger partial charge < -0.3 is 14.9 Å². The maximum atomic E-state index is 9.78. The van der Waals surface area contributed by atoms with Crippen molar-refractivity contribution < 1.29 is 14.9 Å². The molecule has 14 heavy (non-hydrogen) atoms. The standard InChI is InChI=1S/C9H15NO3S/c1-2-7-10-8-6(12)3-5(4-11)13-9(8)14-7/h5-6,8-9,11-12H,2-4H2,1H3/t5-,6-,8?,9?/m0/s1. The van der Waals surface area contributed by atoms with E-state index in [2.05, 4.69) is 4.99 Å². The van der Waals surface area contributed by atoms with Crippen LogP contribution in [0.15, 0.2) is 4.99 Å². The van der Waals surface area contributed by atoms with Crippen LogP contribution in [-0.2, 0) is 4.74 Å². The molecular weight excluding hydrogens is 202 g/mol. The minimum absolute atomic E-state index is 0.0255. The Labute approximate surface area is 87.4 Å². The second-order valence-electron chi connectivity index (χ2n) is 3.60. The topological polar surface area (TPSA) is 62.0 Å². The Morgan fingerprint density at radius 2 is 2.43 bits per heavy atom. The van der Waals surface area contributed by atoms with Crippen LogP contribution < -0.4 is 0 Å². The molecule has 4 atom stereocenters. The number of hydrogen-bond donors (Lipinski definition) is 2. The van der Waals surface area contributed by atoms with Gasteiger partial charge in [-0.05, 0) is 6.42 Å². The number of fused-ring (bicyclic) bond motifs is 1. The van der Waals surface area contributed by atoms with E-state index in [-0.39, 0.29) is 24.2 Å². The van der Waals surface area contributed by atoms with Crippen LogP contribution in [0.1, 0.15) is 19.8 Å². The molecule has 2 aliphatic rings. The highest BCUT2D eigenvalue weighted by atomic mass is 32.2. The highest BCUT2D eigenvalue weighted by molar-refractivity contribution is 8.14. The number of aliphatic hydroxyl groups is 2. The number of nitrogens with zero attached hydrogens (tertiary/aromatic N) is 1. The smallest absolute Gasteiger partial charge is 0.134 e. The van der Waals surface area contributed by atoms with Crippen molar-refractivity contribution in [3.63, 3.8) is 0 Å². The van der Waals surface area contributed by atoms with Crippen LogP contribution in [0.2, 0.25) is 0 Å². The molecule has 1 saturated heterocycles. The molecule has 0 bridgehead atoms. The van der Waals surface area contributed by atoms with Crippen molar-refractivity contribution in [1.82, 2.24) is 0 Å². The van der Waals surface area contributed by atoms with Gasteiger partial charge in [0.15, 0.2) is 0 Å². The maximum Gasteiger partial charge on any atom is 0.134 e. The molecule has 80 valence electrons. The fourth-order valence-electron chi connectivity index (χ4n) is 1.78. The Kier molecular flexibility index (Phi) is 3.11. The van der Waals surface area contributed by atoms with Crippen LogP contribution in [0, 0.1) is 0 Å². The van der Waals surface area contributed by atoms with Gasteiger partial charge in [-0.3, -0.25) is 4.99 Å². The fraction of sp³-hybridized carbons (Fsp3) is 0.889. The van der Waals surface area contributed by atoms with E-state index in [4.69, 9.17) is 9.84 Å². The van der Waals surface area contributed by atoms with Gasteiger partial charge in [0, 0.05) is 6.42 Å². The van der Waals surface area contributed by atoms with Gasteiger partial charge in [-0.15, -0.1) is 0 Å². The predicted molar refractivity (Wildman–Crippen MR) is 55.5 cm³/mol. The first-order chi connectivity index (χ1) is 6.74. The zero-order valence-corrected chi connectivity index (χ0v) is 8.91. The van der Waals surface area contributed by atoms with E-state index in [0.717, 1.165) is 11.5 Å². The van der Waals surface area contributed by atoms with Crippen molar-refractivity contribution in [2.75, 3.05) is 6.61 Å². The minimum Gasteiger partial charge on any atom is -0.394 e. The summed E-state index contributed by atoms with van der Waals surface area (Å²) in [5.41, 5.74) is -0.0918. The average Bonchev–Trinajstić information content (AvgIpc) is 2.61. The zero-order chi connectivity index (χ0) is 10.1. The molecule has 0 aromatic carbocycles. The molecule has 5 heteroatoms. The molecule has 1 fully saturated rings. The molecule has 2 aliphatic heterocycles. The second kappa shape index (κ2) is 4.18. The van der Waals surface area contributed by atoms with E-state index in [1.165, 1.54) is 0 Å². The van der Waals surface area contributed by atoms with E-state index < -0.39 is 6.10 Å². The molecule has 0 saturated carbocycles. The van der Waals surface area contributed by atoms with Gasteiger partial charge in [0.2, 0.25) is 0 Å². The largest absolute Gasteiger partial charge is 0.394 e. The SMILES string of the molecule is CCC1=NC2C(O[C@H](CO)C[C@@H]2O)S1. The number of hydrogen-bond acceptors (Lipinski definition) is 5. The predicted octanol–water partition coefficient (Wildman–Crippen LogP) is 0.379. The normalized spacial score (nSPS) is 42.1. The first kappa shape index (κ1) is 10.4. The van der Waals surface area contributed by atoms with Crippen LogP contribution in [-0.4, -0.2) is 45.5 Å². The lowest BCUT2D eigenvalue weighted by Crippen LogP contribution is -2.45. The van der Waals surface area contributed by atoms with Crippen LogP contribution in [0.5, 0.6) is 0 Å². The van der Waals surface area contributed by atoms with Crippen molar-refractivity contribution in [2.24, 2.45) is 4.99 Å². The summed E-state index contributed by atoms with van der Waals surface area (Å²) in [6, 6.07) is -0.127. The third-order valence-corrected chi connectivity index (χ3v) is 3.84. The summed E-state index contributed by atoms with van der Waals surface area (Å²) < 4.78 is 5.60. The Bertz CT molecular complexity index is 246. The first-order valence-electron chi connectivity index (χ1n) is 4.92. The molecule has 2 rings (SSSR count). The van der Waals surface area contributed by atoms with E-state index >= 15 is 0 Å². The second-order valence-corrected chi connectivity index (χ2v) is 4.77. The molecule has 2 N–H and O–H groups in total. The third-order valence-electron chi connectivity index (χ3n) is 2.56. The van der Waals surface area contributed by atoms with Crippen molar-refractivity contribution in [3.8, 4) is 0 Å². The van der Waals surface area contributed by atoms with Crippen LogP contribution in [0.3, 0.4) is 0 Å². The minimum atomic E-state index is -0.470. The lowest BCUT2D eigenvalue weighted by molar-refractivity contribution is -0.0875. The van der Waals surface area contributed by atoms with Crippen LogP contribution in [0.25, 0.3) is 0 Å². The van der Waals surface area contributed by atoms with Crippen LogP contribution in [0.4, 0.5) is 0 Å². The lowest BCUT2D eigenvalue weighted by Gasteiger charge is -2.33. The summed E-state index contributed by atoms with van der Waals surface area (Å²) in [5.74, 6) is 0. The molecule has 4 nitrogen and oxygen atoms in total. The van der Waals surface area contributed by atoms with Crippen molar-refractivity contribution in [1.29, 1.82) is 0 Å². The molecule has 0 aromatic rings. The van der Waals surface area contributed by atoms with E-state index in [1.54, 1.807) is 11.8 Å². The Hall–Kier alpha value is -0.100. The van der Waals surface area contributed by atoms with Gasteiger partial charge in [0.25, 0.3) is 0 Å². The molecule has 2 heterocycles. The maximum absolute atomic E-state index is 9.78. The van der Waals surface area contributed by atoms with Gasteiger partial charge in [0.05, 0.1) is 23.9 Å². The lowest BCUT2D eigenvalue weighted by atomic mass is 10.0. The Balaban J connectivity index is 2.05. The number of aliphatic hydroxyl groups excluding tert-OH is 2. The van der Waals surface area contributed by atoms with Gasteiger partial charge in [-0.25, -0.2) is 0 Å². The molecule has 0 aliphatic carbocycles. The van der Waals surface area contributed by atoms with Crippen LogP contribution >= 0.6 is 11.8 Å². The highest BCUT2D eigenvalue weighted by Gasteiger charge is 2.41. The van der Waals surface area contributed by atoms with Crippen molar-refractivity contribution in [3.05, 3.63) is 0 Å². The van der Waals surface area contributed by atoms with Crippen molar-refractivity contribution in [2.45, 2.75) is 43.5 Å². The average molecular weight is 217 g/mol. The molecule has 0 aromatic heterocycles. The molecule has 2 unspecified atom stereocenters. The molecule has 0 radical (unpaired) electrons. The summed E-state index contributed by atoms with van der Waals surface area (Å²) >= 11 is 1.57.